The highest BCUT2D eigenvalue weighted by Crippen LogP contribution is 2.28. The molecule has 2 aliphatic heterocycles. The largest absolute Gasteiger partial charge is 0.378 e. The maximum absolute atomic E-state index is 12.2. The Kier molecular flexibility index (Phi) is 3.78. The van der Waals surface area contributed by atoms with E-state index < -0.39 is 0 Å². The standard InChI is InChI=1S/C15H20N2O2/c18-15(4-3-12-2-1-7-16-10-12)17-8-5-14-13(11-17)6-9-19-14/h1-2,7,10,13-14H,3-6,8-9,11H2/t13-,14+/m1/s1. The Morgan fingerprint density at radius 1 is 1.47 bits per heavy atom. The lowest BCUT2D eigenvalue weighted by Crippen LogP contribution is -2.44. The fourth-order valence-electron chi connectivity index (χ4n) is 3.06. The SMILES string of the molecule is O=C(CCc1cccnc1)N1CC[C@@H]2OCC[C@@H]2C1. The predicted molar refractivity (Wildman–Crippen MR) is 71.6 cm³/mol. The van der Waals surface area contributed by atoms with Crippen LogP contribution in [0.25, 0.3) is 0 Å². The van der Waals surface area contributed by atoms with Gasteiger partial charge in [-0.1, -0.05) is 6.07 Å². The number of carbonyl (C=O) groups excluding carboxylic acids is 1. The molecule has 0 N–H and O–H groups in total. The molecule has 3 rings (SSSR count). The second-order valence-corrected chi connectivity index (χ2v) is 5.45. The summed E-state index contributed by atoms with van der Waals surface area (Å²) in [6.45, 7) is 2.61. The fraction of sp³-hybridized carbons (Fsp3) is 0.600. The number of aromatic nitrogens is 1. The van der Waals surface area contributed by atoms with E-state index >= 15 is 0 Å². The molecule has 2 aliphatic rings. The molecule has 102 valence electrons. The van der Waals surface area contributed by atoms with Crippen LogP contribution in [0.1, 0.15) is 24.8 Å². The molecule has 4 nitrogen and oxygen atoms in total. The van der Waals surface area contributed by atoms with Crippen molar-refractivity contribution >= 4 is 5.91 Å². The zero-order chi connectivity index (χ0) is 13.1. The normalized spacial score (nSPS) is 26.2. The molecule has 3 heterocycles. The molecule has 0 aromatic carbocycles. The van der Waals surface area contributed by atoms with Gasteiger partial charge in [0.25, 0.3) is 0 Å². The first-order valence-electron chi connectivity index (χ1n) is 7.11. The number of carbonyl (C=O) groups is 1. The average molecular weight is 260 g/mol. The van der Waals surface area contributed by atoms with Gasteiger partial charge in [-0.2, -0.15) is 0 Å². The van der Waals surface area contributed by atoms with Crippen molar-refractivity contribution in [3.05, 3.63) is 30.1 Å². The third-order valence-corrected chi connectivity index (χ3v) is 4.19. The first-order chi connectivity index (χ1) is 9.33. The van der Waals surface area contributed by atoms with E-state index in [-0.39, 0.29) is 5.91 Å². The van der Waals surface area contributed by atoms with Crippen LogP contribution in [0.2, 0.25) is 0 Å². The highest BCUT2D eigenvalue weighted by Gasteiger charge is 2.35. The number of hydrogen-bond acceptors (Lipinski definition) is 3. The second-order valence-electron chi connectivity index (χ2n) is 5.45. The lowest BCUT2D eigenvalue weighted by molar-refractivity contribution is -0.134. The Labute approximate surface area is 113 Å². The summed E-state index contributed by atoms with van der Waals surface area (Å²) in [6.07, 6.45) is 7.49. The van der Waals surface area contributed by atoms with E-state index in [9.17, 15) is 4.79 Å². The maximum atomic E-state index is 12.2. The second kappa shape index (κ2) is 5.70. The van der Waals surface area contributed by atoms with Gasteiger partial charge in [0.2, 0.25) is 5.91 Å². The number of hydrogen-bond donors (Lipinski definition) is 0. The number of pyridine rings is 1. The lowest BCUT2D eigenvalue weighted by atomic mass is 9.94. The summed E-state index contributed by atoms with van der Waals surface area (Å²) in [5.74, 6) is 0.838. The van der Waals surface area contributed by atoms with Gasteiger partial charge in [0.1, 0.15) is 0 Å². The van der Waals surface area contributed by atoms with Crippen LogP contribution in [-0.4, -0.2) is 41.6 Å². The van der Waals surface area contributed by atoms with E-state index in [4.69, 9.17) is 4.74 Å². The molecule has 2 atom stereocenters. The highest BCUT2D eigenvalue weighted by atomic mass is 16.5. The monoisotopic (exact) mass is 260 g/mol. The van der Waals surface area contributed by atoms with E-state index in [2.05, 4.69) is 4.98 Å². The zero-order valence-electron chi connectivity index (χ0n) is 11.1. The molecular weight excluding hydrogens is 240 g/mol. The fourth-order valence-corrected chi connectivity index (χ4v) is 3.06. The number of piperidine rings is 1. The maximum Gasteiger partial charge on any atom is 0.222 e. The summed E-state index contributed by atoms with van der Waals surface area (Å²) < 4.78 is 5.67. The molecule has 0 spiro atoms. The summed E-state index contributed by atoms with van der Waals surface area (Å²) in [7, 11) is 0. The molecule has 0 saturated carbocycles. The molecule has 0 unspecified atom stereocenters. The lowest BCUT2D eigenvalue weighted by Gasteiger charge is -2.34. The molecule has 2 saturated heterocycles. The minimum Gasteiger partial charge on any atom is -0.378 e. The Morgan fingerprint density at radius 2 is 2.42 bits per heavy atom. The van der Waals surface area contributed by atoms with Crippen LogP contribution in [0.5, 0.6) is 0 Å². The van der Waals surface area contributed by atoms with E-state index in [1.165, 1.54) is 0 Å². The Balaban J connectivity index is 1.50. The molecule has 2 fully saturated rings. The summed E-state index contributed by atoms with van der Waals surface area (Å²) in [5, 5.41) is 0. The quantitative estimate of drug-likeness (QED) is 0.830. The molecule has 1 aromatic rings. The van der Waals surface area contributed by atoms with E-state index in [0.29, 0.717) is 18.4 Å². The van der Waals surface area contributed by atoms with Crippen LogP contribution in [0.4, 0.5) is 0 Å². The number of fused-ring (bicyclic) bond motifs is 1. The van der Waals surface area contributed by atoms with Gasteiger partial charge in [-0.3, -0.25) is 9.78 Å². The number of nitrogens with zero attached hydrogens (tertiary/aromatic N) is 2. The van der Waals surface area contributed by atoms with Gasteiger partial charge < -0.3 is 9.64 Å². The van der Waals surface area contributed by atoms with Crippen molar-refractivity contribution in [2.75, 3.05) is 19.7 Å². The highest BCUT2D eigenvalue weighted by molar-refractivity contribution is 5.76. The van der Waals surface area contributed by atoms with Crippen molar-refractivity contribution in [1.29, 1.82) is 0 Å². The van der Waals surface area contributed by atoms with Gasteiger partial charge in [0.05, 0.1) is 6.10 Å². The van der Waals surface area contributed by atoms with Crippen LogP contribution in [-0.2, 0) is 16.0 Å². The minimum absolute atomic E-state index is 0.272. The molecule has 0 aliphatic carbocycles. The van der Waals surface area contributed by atoms with E-state index in [1.807, 2.05) is 23.2 Å². The average Bonchev–Trinajstić information content (AvgIpc) is 2.93. The third-order valence-electron chi connectivity index (χ3n) is 4.19. The minimum atomic E-state index is 0.272. The molecule has 1 amide bonds. The zero-order valence-corrected chi connectivity index (χ0v) is 11.1. The van der Waals surface area contributed by atoms with Crippen LogP contribution in [0.3, 0.4) is 0 Å². The van der Waals surface area contributed by atoms with Gasteiger partial charge in [-0.15, -0.1) is 0 Å². The first-order valence-corrected chi connectivity index (χ1v) is 7.11. The third kappa shape index (κ3) is 2.95. The van der Waals surface area contributed by atoms with Crippen LogP contribution < -0.4 is 0 Å². The summed E-state index contributed by atoms with van der Waals surface area (Å²) in [6, 6.07) is 3.94. The van der Waals surface area contributed by atoms with Crippen LogP contribution in [0.15, 0.2) is 24.5 Å². The van der Waals surface area contributed by atoms with Gasteiger partial charge in [0, 0.05) is 44.4 Å². The van der Waals surface area contributed by atoms with Crippen molar-refractivity contribution in [2.45, 2.75) is 31.8 Å². The molecule has 19 heavy (non-hydrogen) atoms. The smallest absolute Gasteiger partial charge is 0.222 e. The predicted octanol–water partition coefficient (Wildman–Crippen LogP) is 1.65. The van der Waals surface area contributed by atoms with Crippen molar-refractivity contribution < 1.29 is 9.53 Å². The molecule has 0 radical (unpaired) electrons. The Morgan fingerprint density at radius 3 is 3.26 bits per heavy atom. The van der Waals surface area contributed by atoms with Crippen LogP contribution in [0, 0.1) is 5.92 Å². The van der Waals surface area contributed by atoms with Crippen molar-refractivity contribution in [3.63, 3.8) is 0 Å². The van der Waals surface area contributed by atoms with Crippen molar-refractivity contribution in [1.82, 2.24) is 9.88 Å². The summed E-state index contributed by atoms with van der Waals surface area (Å²) >= 11 is 0. The summed E-state index contributed by atoms with van der Waals surface area (Å²) in [5.41, 5.74) is 1.13. The number of ether oxygens (including phenoxy) is 1. The number of likely N-dealkylation sites (tertiary alicyclic amines) is 1. The number of rotatable bonds is 3. The van der Waals surface area contributed by atoms with Crippen LogP contribution >= 0.6 is 0 Å². The first kappa shape index (κ1) is 12.6. The van der Waals surface area contributed by atoms with Crippen molar-refractivity contribution in [2.24, 2.45) is 5.92 Å². The van der Waals surface area contributed by atoms with Crippen molar-refractivity contribution in [3.8, 4) is 0 Å². The number of aryl methyl sites for hydroxylation is 1. The molecule has 1 aromatic heterocycles. The van der Waals surface area contributed by atoms with Gasteiger partial charge in [-0.25, -0.2) is 0 Å². The Bertz CT molecular complexity index is 435. The van der Waals surface area contributed by atoms with Gasteiger partial charge in [-0.05, 0) is 30.9 Å². The molecule has 0 bridgehead atoms. The van der Waals surface area contributed by atoms with E-state index in [0.717, 1.165) is 44.5 Å². The van der Waals surface area contributed by atoms with Gasteiger partial charge in [0.15, 0.2) is 0 Å². The molecule has 4 heteroatoms. The summed E-state index contributed by atoms with van der Waals surface area (Å²) in [4.78, 5) is 18.3. The van der Waals surface area contributed by atoms with Gasteiger partial charge >= 0.3 is 0 Å². The van der Waals surface area contributed by atoms with E-state index in [1.54, 1.807) is 6.20 Å². The Hall–Kier alpha value is -1.42. The topological polar surface area (TPSA) is 42.4 Å². The molecular formula is C15H20N2O2. The number of amides is 1.